The fraction of sp³-hybridized carbons (Fsp3) is 0.571. The fourth-order valence-electron chi connectivity index (χ4n) is 1.82. The molecule has 1 unspecified atom stereocenters. The van der Waals surface area contributed by atoms with Crippen LogP contribution in [0.25, 0.3) is 0 Å². The average molecular weight is 331 g/mol. The van der Waals surface area contributed by atoms with Gasteiger partial charge in [-0.1, -0.05) is 22.0 Å². The molecule has 1 rings (SSSR count). The number of nitrogens with one attached hydrogen (secondary N) is 1. The molecule has 0 spiro atoms. The second-order valence-electron chi connectivity index (χ2n) is 4.67. The smallest absolute Gasteiger partial charge is 0.0686 e. The zero-order valence-corrected chi connectivity index (χ0v) is 13.4. The molecule has 0 saturated carbocycles. The van der Waals surface area contributed by atoms with Crippen molar-refractivity contribution in [3.63, 3.8) is 0 Å². The zero-order chi connectivity index (χ0) is 14.3. The zero-order valence-electron chi connectivity index (χ0n) is 11.8. The first-order valence-corrected chi connectivity index (χ1v) is 7.21. The van der Waals surface area contributed by atoms with Gasteiger partial charge in [0.2, 0.25) is 0 Å². The largest absolute Gasteiger partial charge is 0.392 e. The summed E-state index contributed by atoms with van der Waals surface area (Å²) in [4.78, 5) is 2.04. The number of hydrogen-bond acceptors (Lipinski definition) is 4. The van der Waals surface area contributed by atoms with Crippen molar-refractivity contribution in [2.75, 3.05) is 38.8 Å². The van der Waals surface area contributed by atoms with Crippen molar-refractivity contribution in [1.82, 2.24) is 5.32 Å². The molecule has 2 N–H and O–H groups in total. The molecule has 0 bridgehead atoms. The van der Waals surface area contributed by atoms with Gasteiger partial charge < -0.3 is 20.1 Å². The molecule has 0 amide bonds. The van der Waals surface area contributed by atoms with Gasteiger partial charge in [0.1, 0.15) is 0 Å². The quantitative estimate of drug-likeness (QED) is 0.715. The molecule has 0 heterocycles. The maximum absolute atomic E-state index is 9.40. The number of methoxy groups -OCH3 is 1. The molecule has 4 nitrogen and oxygen atoms in total. The highest BCUT2D eigenvalue weighted by atomic mass is 79.9. The van der Waals surface area contributed by atoms with Crippen molar-refractivity contribution in [3.05, 3.63) is 28.2 Å². The number of hydrogen-bond donors (Lipinski definition) is 2. The summed E-state index contributed by atoms with van der Waals surface area (Å²) in [5.74, 6) is 0. The standard InChI is InChI=1S/C14H23BrN2O2/c1-11(18)10-17(2)13-5-4-12(14(15)8-13)9-16-6-7-19-3/h4-5,8,11,16,18H,6-7,9-10H2,1-3H3. The Balaban J connectivity index is 2.58. The minimum absolute atomic E-state index is 0.334. The molecule has 0 fully saturated rings. The number of rotatable bonds is 8. The predicted octanol–water partition coefficient (Wildman–Crippen LogP) is 2.00. The Labute approximate surface area is 123 Å². The van der Waals surface area contributed by atoms with Crippen molar-refractivity contribution in [1.29, 1.82) is 0 Å². The van der Waals surface area contributed by atoms with Gasteiger partial charge in [0.15, 0.2) is 0 Å². The summed E-state index contributed by atoms with van der Waals surface area (Å²) in [6.07, 6.45) is -0.334. The number of aliphatic hydroxyl groups is 1. The van der Waals surface area contributed by atoms with Gasteiger partial charge in [0.05, 0.1) is 12.7 Å². The van der Waals surface area contributed by atoms with E-state index < -0.39 is 0 Å². The van der Waals surface area contributed by atoms with Crippen LogP contribution in [0.1, 0.15) is 12.5 Å². The van der Waals surface area contributed by atoms with Crippen LogP contribution in [0.5, 0.6) is 0 Å². The van der Waals surface area contributed by atoms with Crippen LogP contribution in [-0.2, 0) is 11.3 Å². The van der Waals surface area contributed by atoms with E-state index in [1.54, 1.807) is 14.0 Å². The van der Waals surface area contributed by atoms with Crippen molar-refractivity contribution in [2.24, 2.45) is 0 Å². The van der Waals surface area contributed by atoms with E-state index in [9.17, 15) is 5.11 Å². The van der Waals surface area contributed by atoms with Gasteiger partial charge in [-0.15, -0.1) is 0 Å². The van der Waals surface area contributed by atoms with Crippen LogP contribution in [0.4, 0.5) is 5.69 Å². The van der Waals surface area contributed by atoms with E-state index in [1.807, 2.05) is 11.9 Å². The second kappa shape index (κ2) is 8.53. The van der Waals surface area contributed by atoms with Crippen LogP contribution in [0, 0.1) is 0 Å². The lowest BCUT2D eigenvalue weighted by Gasteiger charge is -2.21. The minimum Gasteiger partial charge on any atom is -0.392 e. The summed E-state index contributed by atoms with van der Waals surface area (Å²) in [5, 5.41) is 12.7. The third-order valence-electron chi connectivity index (χ3n) is 2.81. The summed E-state index contributed by atoms with van der Waals surface area (Å²) in [6.45, 7) is 4.78. The van der Waals surface area contributed by atoms with Crippen molar-refractivity contribution in [3.8, 4) is 0 Å². The lowest BCUT2D eigenvalue weighted by Crippen LogP contribution is -2.26. The maximum Gasteiger partial charge on any atom is 0.0686 e. The number of benzene rings is 1. The molecule has 108 valence electrons. The summed E-state index contributed by atoms with van der Waals surface area (Å²) in [6, 6.07) is 6.24. The lowest BCUT2D eigenvalue weighted by atomic mass is 10.2. The Morgan fingerprint density at radius 3 is 2.79 bits per heavy atom. The van der Waals surface area contributed by atoms with Gasteiger partial charge in [0, 0.05) is 44.0 Å². The Bertz CT molecular complexity index is 386. The van der Waals surface area contributed by atoms with E-state index in [4.69, 9.17) is 4.74 Å². The van der Waals surface area contributed by atoms with Crippen molar-refractivity contribution < 1.29 is 9.84 Å². The Hall–Kier alpha value is -0.620. The average Bonchev–Trinajstić information content (AvgIpc) is 2.35. The first-order chi connectivity index (χ1) is 9.04. The van der Waals surface area contributed by atoms with Crippen molar-refractivity contribution >= 4 is 21.6 Å². The van der Waals surface area contributed by atoms with Gasteiger partial charge in [-0.3, -0.25) is 0 Å². The summed E-state index contributed by atoms with van der Waals surface area (Å²) < 4.78 is 6.07. The second-order valence-corrected chi connectivity index (χ2v) is 5.53. The van der Waals surface area contributed by atoms with Crippen LogP contribution in [0.15, 0.2) is 22.7 Å². The third-order valence-corrected chi connectivity index (χ3v) is 3.55. The summed E-state index contributed by atoms with van der Waals surface area (Å²) >= 11 is 3.59. The number of likely N-dealkylation sites (N-methyl/N-ethyl adjacent to an activating group) is 1. The highest BCUT2D eigenvalue weighted by Crippen LogP contribution is 2.23. The summed E-state index contributed by atoms with van der Waals surface area (Å²) in [7, 11) is 3.68. The van der Waals surface area contributed by atoms with Gasteiger partial charge in [0.25, 0.3) is 0 Å². The number of anilines is 1. The highest BCUT2D eigenvalue weighted by Gasteiger charge is 2.07. The Morgan fingerprint density at radius 2 is 2.21 bits per heavy atom. The molecule has 19 heavy (non-hydrogen) atoms. The molecular formula is C14H23BrN2O2. The van der Waals surface area contributed by atoms with E-state index in [2.05, 4.69) is 39.4 Å². The molecule has 0 aliphatic rings. The van der Waals surface area contributed by atoms with Crippen LogP contribution < -0.4 is 10.2 Å². The lowest BCUT2D eigenvalue weighted by molar-refractivity contribution is 0.199. The van der Waals surface area contributed by atoms with E-state index in [1.165, 1.54) is 5.56 Å². The number of nitrogens with zero attached hydrogens (tertiary/aromatic N) is 1. The van der Waals surface area contributed by atoms with Crippen LogP contribution in [-0.4, -0.2) is 45.1 Å². The molecule has 1 aromatic rings. The highest BCUT2D eigenvalue weighted by molar-refractivity contribution is 9.10. The number of halogens is 1. The first kappa shape index (κ1) is 16.4. The molecule has 1 atom stereocenters. The number of ether oxygens (including phenoxy) is 1. The van der Waals surface area contributed by atoms with E-state index in [-0.39, 0.29) is 6.10 Å². The first-order valence-electron chi connectivity index (χ1n) is 6.42. The minimum atomic E-state index is -0.334. The van der Waals surface area contributed by atoms with Gasteiger partial charge >= 0.3 is 0 Å². The van der Waals surface area contributed by atoms with E-state index in [0.29, 0.717) is 13.2 Å². The predicted molar refractivity (Wildman–Crippen MR) is 82.7 cm³/mol. The van der Waals surface area contributed by atoms with E-state index in [0.717, 1.165) is 23.2 Å². The molecule has 0 saturated heterocycles. The topological polar surface area (TPSA) is 44.7 Å². The van der Waals surface area contributed by atoms with Gasteiger partial charge in [-0.05, 0) is 24.6 Å². The monoisotopic (exact) mass is 330 g/mol. The van der Waals surface area contributed by atoms with E-state index >= 15 is 0 Å². The van der Waals surface area contributed by atoms with Gasteiger partial charge in [-0.2, -0.15) is 0 Å². The fourth-order valence-corrected chi connectivity index (χ4v) is 2.32. The van der Waals surface area contributed by atoms with Gasteiger partial charge in [-0.25, -0.2) is 0 Å². The van der Waals surface area contributed by atoms with Crippen LogP contribution in [0.3, 0.4) is 0 Å². The Kier molecular flexibility index (Phi) is 7.38. The van der Waals surface area contributed by atoms with Crippen molar-refractivity contribution in [2.45, 2.75) is 19.6 Å². The van der Waals surface area contributed by atoms with Crippen LogP contribution >= 0.6 is 15.9 Å². The molecular weight excluding hydrogens is 308 g/mol. The normalized spacial score (nSPS) is 12.5. The number of aliphatic hydroxyl groups excluding tert-OH is 1. The maximum atomic E-state index is 9.40. The molecule has 1 aromatic carbocycles. The summed E-state index contributed by atoms with van der Waals surface area (Å²) in [5.41, 5.74) is 2.30. The molecule has 0 aliphatic heterocycles. The SMILES string of the molecule is COCCNCc1ccc(N(C)CC(C)O)cc1Br. The Morgan fingerprint density at radius 1 is 1.47 bits per heavy atom. The molecule has 0 aliphatic carbocycles. The van der Waals surface area contributed by atoms with Crippen LogP contribution in [0.2, 0.25) is 0 Å². The molecule has 0 radical (unpaired) electrons. The third kappa shape index (κ3) is 5.91. The molecule has 0 aromatic heterocycles. The molecule has 5 heteroatoms.